The summed E-state index contributed by atoms with van der Waals surface area (Å²) in [5.74, 6) is 1.03. The minimum atomic E-state index is -0.766. The SMILES string of the molecule is COc1ccc(CNc2nccc3c2c(I)nn3[C@@H]2C=CC[C@@H](C(=O)O)C2)c(OC)c1. The molecule has 0 bridgehead atoms. The molecule has 0 aliphatic heterocycles. The molecule has 0 fully saturated rings. The number of fused-ring (bicyclic) bond motifs is 1. The number of hydrogen-bond acceptors (Lipinski definition) is 6. The Morgan fingerprint density at radius 1 is 1.32 bits per heavy atom. The van der Waals surface area contributed by atoms with Gasteiger partial charge in [-0.05, 0) is 53.6 Å². The summed E-state index contributed by atoms with van der Waals surface area (Å²) >= 11 is 2.20. The smallest absolute Gasteiger partial charge is 0.306 e. The number of allylic oxidation sites excluding steroid dienone is 2. The van der Waals surface area contributed by atoms with E-state index in [1.165, 1.54) is 0 Å². The Morgan fingerprint density at radius 2 is 2.16 bits per heavy atom. The van der Waals surface area contributed by atoms with E-state index in [0.29, 0.717) is 19.4 Å². The van der Waals surface area contributed by atoms with E-state index >= 15 is 0 Å². The summed E-state index contributed by atoms with van der Waals surface area (Å²) < 4.78 is 13.5. The lowest BCUT2D eigenvalue weighted by Crippen LogP contribution is -2.22. The van der Waals surface area contributed by atoms with Crippen molar-refractivity contribution in [2.75, 3.05) is 19.5 Å². The zero-order chi connectivity index (χ0) is 22.0. The molecule has 1 aliphatic rings. The van der Waals surface area contributed by atoms with Gasteiger partial charge in [0.15, 0.2) is 0 Å². The van der Waals surface area contributed by atoms with Crippen LogP contribution in [0.1, 0.15) is 24.4 Å². The first-order valence-electron chi connectivity index (χ1n) is 9.88. The van der Waals surface area contributed by atoms with Crippen molar-refractivity contribution >= 4 is 45.3 Å². The highest BCUT2D eigenvalue weighted by Crippen LogP contribution is 2.34. The van der Waals surface area contributed by atoms with Crippen LogP contribution in [0, 0.1) is 9.62 Å². The summed E-state index contributed by atoms with van der Waals surface area (Å²) in [4.78, 5) is 16.0. The van der Waals surface area contributed by atoms with Gasteiger partial charge in [0.2, 0.25) is 0 Å². The van der Waals surface area contributed by atoms with Gasteiger partial charge in [0, 0.05) is 24.4 Å². The number of halogens is 1. The number of pyridine rings is 1. The lowest BCUT2D eigenvalue weighted by atomic mass is 9.91. The van der Waals surface area contributed by atoms with Gasteiger partial charge in [-0.3, -0.25) is 9.48 Å². The molecule has 31 heavy (non-hydrogen) atoms. The Labute approximate surface area is 193 Å². The van der Waals surface area contributed by atoms with E-state index in [2.05, 4.69) is 32.9 Å². The largest absolute Gasteiger partial charge is 0.497 e. The fourth-order valence-electron chi connectivity index (χ4n) is 3.86. The molecule has 0 unspecified atom stereocenters. The van der Waals surface area contributed by atoms with Crippen molar-refractivity contribution in [3.8, 4) is 11.5 Å². The number of carbonyl (C=O) groups is 1. The third kappa shape index (κ3) is 4.32. The second kappa shape index (κ2) is 9.13. The van der Waals surface area contributed by atoms with Crippen molar-refractivity contribution in [3.63, 3.8) is 0 Å². The molecule has 0 spiro atoms. The Bertz CT molecular complexity index is 1140. The molecule has 0 radical (unpaired) electrons. The van der Waals surface area contributed by atoms with Gasteiger partial charge in [-0.15, -0.1) is 0 Å². The van der Waals surface area contributed by atoms with Crippen LogP contribution in [0.25, 0.3) is 10.9 Å². The van der Waals surface area contributed by atoms with Crippen LogP contribution in [-0.4, -0.2) is 40.1 Å². The van der Waals surface area contributed by atoms with Gasteiger partial charge in [-0.2, -0.15) is 5.10 Å². The molecule has 9 heteroatoms. The maximum Gasteiger partial charge on any atom is 0.306 e. The zero-order valence-corrected chi connectivity index (χ0v) is 19.4. The van der Waals surface area contributed by atoms with Crippen molar-refractivity contribution in [1.82, 2.24) is 14.8 Å². The number of aromatic nitrogens is 3. The summed E-state index contributed by atoms with van der Waals surface area (Å²) in [6.45, 7) is 0.519. The van der Waals surface area contributed by atoms with Crippen LogP contribution in [0.5, 0.6) is 11.5 Å². The first kappa shape index (κ1) is 21.4. The summed E-state index contributed by atoms with van der Waals surface area (Å²) in [6, 6.07) is 7.52. The number of anilines is 1. The third-order valence-corrected chi connectivity index (χ3v) is 6.24. The highest BCUT2D eigenvalue weighted by molar-refractivity contribution is 14.1. The first-order valence-corrected chi connectivity index (χ1v) is 11.0. The molecule has 2 N–H and O–H groups in total. The molecule has 1 aliphatic carbocycles. The number of carboxylic acids is 1. The number of aliphatic carboxylic acids is 1. The molecular weight excluding hydrogens is 511 g/mol. The first-order chi connectivity index (χ1) is 15.0. The lowest BCUT2D eigenvalue weighted by molar-refractivity contribution is -0.142. The molecule has 2 atom stereocenters. The average molecular weight is 534 g/mol. The molecule has 1 aromatic carbocycles. The summed E-state index contributed by atoms with van der Waals surface area (Å²) in [7, 11) is 3.25. The van der Waals surface area contributed by atoms with Gasteiger partial charge in [0.25, 0.3) is 0 Å². The molecule has 162 valence electrons. The van der Waals surface area contributed by atoms with Gasteiger partial charge >= 0.3 is 5.97 Å². The maximum absolute atomic E-state index is 11.5. The standard InChI is InChI=1S/C22H23IN4O4/c1-30-16-7-6-14(18(11-16)31-2)12-25-21-19-17(8-9-24-21)27(26-20(19)23)15-5-3-4-13(10-15)22(28)29/h3,5-9,11,13,15H,4,10,12H2,1-2H3,(H,24,25)(H,28,29)/t13-,15-/m1/s1. The summed E-state index contributed by atoms with van der Waals surface area (Å²) in [5, 5.41) is 18.4. The van der Waals surface area contributed by atoms with Crippen molar-refractivity contribution in [2.24, 2.45) is 5.92 Å². The van der Waals surface area contributed by atoms with E-state index in [9.17, 15) is 9.90 Å². The van der Waals surface area contributed by atoms with Crippen LogP contribution in [0.4, 0.5) is 5.82 Å². The van der Waals surface area contributed by atoms with Crippen molar-refractivity contribution in [2.45, 2.75) is 25.4 Å². The quantitative estimate of drug-likeness (QED) is 0.346. The van der Waals surface area contributed by atoms with E-state index in [-0.39, 0.29) is 6.04 Å². The van der Waals surface area contributed by atoms with Crippen LogP contribution in [0.3, 0.4) is 0 Å². The fraction of sp³-hybridized carbons (Fsp3) is 0.318. The van der Waals surface area contributed by atoms with E-state index < -0.39 is 11.9 Å². The van der Waals surface area contributed by atoms with Gasteiger partial charge in [-0.25, -0.2) is 4.98 Å². The predicted octanol–water partition coefficient (Wildman–Crippen LogP) is 4.26. The zero-order valence-electron chi connectivity index (χ0n) is 17.2. The van der Waals surface area contributed by atoms with Gasteiger partial charge in [0.1, 0.15) is 21.0 Å². The van der Waals surface area contributed by atoms with Gasteiger partial charge in [0.05, 0.1) is 37.1 Å². The van der Waals surface area contributed by atoms with Crippen LogP contribution < -0.4 is 14.8 Å². The number of carboxylic acid groups (broad SMARTS) is 1. The molecule has 2 heterocycles. The predicted molar refractivity (Wildman–Crippen MR) is 126 cm³/mol. The normalized spacial score (nSPS) is 18.2. The average Bonchev–Trinajstić information content (AvgIpc) is 3.14. The van der Waals surface area contributed by atoms with Crippen LogP contribution in [-0.2, 0) is 11.3 Å². The lowest BCUT2D eigenvalue weighted by Gasteiger charge is -2.22. The highest BCUT2D eigenvalue weighted by atomic mass is 127. The van der Waals surface area contributed by atoms with Crippen molar-refractivity contribution in [3.05, 3.63) is 51.9 Å². The van der Waals surface area contributed by atoms with E-state index in [1.807, 2.05) is 41.1 Å². The number of rotatable bonds is 7. The minimum Gasteiger partial charge on any atom is -0.497 e. The van der Waals surface area contributed by atoms with Crippen LogP contribution >= 0.6 is 22.6 Å². The topological polar surface area (TPSA) is 98.5 Å². The fourth-order valence-corrected chi connectivity index (χ4v) is 4.62. The molecule has 0 amide bonds. The minimum absolute atomic E-state index is 0.0993. The van der Waals surface area contributed by atoms with Gasteiger partial charge < -0.3 is 19.9 Å². The third-order valence-electron chi connectivity index (χ3n) is 5.49. The number of nitrogens with one attached hydrogen (secondary N) is 1. The Kier molecular flexibility index (Phi) is 6.30. The van der Waals surface area contributed by atoms with E-state index in [1.54, 1.807) is 20.4 Å². The molecule has 0 saturated carbocycles. The van der Waals surface area contributed by atoms with E-state index in [0.717, 1.165) is 37.5 Å². The number of benzene rings is 1. The molecule has 0 saturated heterocycles. The van der Waals surface area contributed by atoms with Crippen LogP contribution in [0.15, 0.2) is 42.6 Å². The summed E-state index contributed by atoms with van der Waals surface area (Å²) in [5.41, 5.74) is 1.90. The molecule has 2 aromatic heterocycles. The Morgan fingerprint density at radius 3 is 2.90 bits per heavy atom. The van der Waals surface area contributed by atoms with Crippen molar-refractivity contribution < 1.29 is 19.4 Å². The number of hydrogen-bond donors (Lipinski definition) is 2. The number of methoxy groups -OCH3 is 2. The molecule has 8 nitrogen and oxygen atoms in total. The maximum atomic E-state index is 11.5. The number of ether oxygens (including phenoxy) is 2. The monoisotopic (exact) mass is 534 g/mol. The Hall–Kier alpha value is -2.82. The second-order valence-corrected chi connectivity index (χ2v) is 8.34. The highest BCUT2D eigenvalue weighted by Gasteiger charge is 2.27. The van der Waals surface area contributed by atoms with Crippen molar-refractivity contribution in [1.29, 1.82) is 0 Å². The molecular formula is C22H23IN4O4. The number of nitrogens with zero attached hydrogens (tertiary/aromatic N) is 3. The van der Waals surface area contributed by atoms with E-state index in [4.69, 9.17) is 14.6 Å². The summed E-state index contributed by atoms with van der Waals surface area (Å²) in [6.07, 6.45) is 6.79. The molecule has 4 rings (SSSR count). The van der Waals surface area contributed by atoms with Crippen LogP contribution in [0.2, 0.25) is 0 Å². The second-order valence-electron chi connectivity index (χ2n) is 7.32. The van der Waals surface area contributed by atoms with Gasteiger partial charge in [-0.1, -0.05) is 12.2 Å². The molecule has 3 aromatic rings. The Balaban J connectivity index is 1.63.